The number of fused-ring (bicyclic) bond motifs is 1. The number of aliphatic hydroxyl groups is 2. The van der Waals surface area contributed by atoms with Crippen molar-refractivity contribution in [3.8, 4) is 0 Å². The Hall–Kier alpha value is -1.06. The Morgan fingerprint density at radius 3 is 2.80 bits per heavy atom. The standard InChI is InChI=1S/C10H9Cl2FN4O3/c11-7-5-8(16-10(12)15-7)17(2-14-5)9-4(13)6(19)3(1-18)20-9/h2-4,6,9,18-19H,1H2/t3-,4?,6+,9-/m1/s1. The van der Waals surface area contributed by atoms with Crippen molar-refractivity contribution in [2.75, 3.05) is 6.61 Å². The van der Waals surface area contributed by atoms with Crippen LogP contribution < -0.4 is 0 Å². The zero-order valence-corrected chi connectivity index (χ0v) is 11.3. The molecule has 0 spiro atoms. The quantitative estimate of drug-likeness (QED) is 0.625. The van der Waals surface area contributed by atoms with Crippen molar-refractivity contribution in [3.05, 3.63) is 16.8 Å². The lowest BCUT2D eigenvalue weighted by atomic mass is 10.1. The summed E-state index contributed by atoms with van der Waals surface area (Å²) < 4.78 is 20.6. The average molecular weight is 323 g/mol. The van der Waals surface area contributed by atoms with E-state index in [9.17, 15) is 9.50 Å². The van der Waals surface area contributed by atoms with E-state index in [4.69, 9.17) is 33.0 Å². The molecule has 3 rings (SSSR count). The molecule has 2 aromatic rings. The molecule has 20 heavy (non-hydrogen) atoms. The van der Waals surface area contributed by atoms with Crippen LogP contribution in [-0.2, 0) is 4.74 Å². The predicted octanol–water partition coefficient (Wildman–Crippen LogP) is 0.722. The van der Waals surface area contributed by atoms with Crippen LogP contribution >= 0.6 is 23.2 Å². The molecule has 2 N–H and O–H groups in total. The molecule has 0 amide bonds. The highest BCUT2D eigenvalue weighted by molar-refractivity contribution is 6.35. The van der Waals surface area contributed by atoms with E-state index in [2.05, 4.69) is 15.0 Å². The highest BCUT2D eigenvalue weighted by Gasteiger charge is 2.45. The van der Waals surface area contributed by atoms with E-state index in [1.54, 1.807) is 0 Å². The van der Waals surface area contributed by atoms with E-state index >= 15 is 0 Å². The second-order valence-electron chi connectivity index (χ2n) is 4.29. The molecule has 10 heteroatoms. The minimum atomic E-state index is -1.74. The van der Waals surface area contributed by atoms with Gasteiger partial charge in [0.15, 0.2) is 23.2 Å². The lowest BCUT2D eigenvalue weighted by Gasteiger charge is -2.14. The Morgan fingerprint density at radius 2 is 2.15 bits per heavy atom. The third-order valence-electron chi connectivity index (χ3n) is 3.10. The van der Waals surface area contributed by atoms with E-state index < -0.39 is 31.2 Å². The second-order valence-corrected chi connectivity index (χ2v) is 4.99. The molecule has 7 nitrogen and oxygen atoms in total. The number of nitrogens with zero attached hydrogens (tertiary/aromatic N) is 4. The number of hydrogen-bond donors (Lipinski definition) is 2. The minimum Gasteiger partial charge on any atom is -0.394 e. The minimum absolute atomic E-state index is 0.0337. The number of hydrogen-bond acceptors (Lipinski definition) is 6. The van der Waals surface area contributed by atoms with Gasteiger partial charge in [-0.25, -0.2) is 14.4 Å². The SMILES string of the molecule is OC[C@H]1O[C@@H](n2cnc3c(Cl)nc(Cl)nc32)C(F)[C@H]1O. The molecule has 3 heterocycles. The number of ether oxygens (including phenoxy) is 1. The number of aliphatic hydroxyl groups excluding tert-OH is 2. The van der Waals surface area contributed by atoms with Crippen molar-refractivity contribution in [2.24, 2.45) is 0 Å². The Balaban J connectivity index is 2.07. The fourth-order valence-corrected chi connectivity index (χ4v) is 2.54. The molecule has 0 aromatic carbocycles. The third-order valence-corrected chi connectivity index (χ3v) is 3.53. The van der Waals surface area contributed by atoms with Crippen molar-refractivity contribution in [3.63, 3.8) is 0 Å². The maximum Gasteiger partial charge on any atom is 0.225 e. The first kappa shape index (κ1) is 13.9. The van der Waals surface area contributed by atoms with Crippen molar-refractivity contribution in [1.29, 1.82) is 0 Å². The number of aromatic nitrogens is 4. The number of alkyl halides is 1. The summed E-state index contributed by atoms with van der Waals surface area (Å²) in [6.45, 7) is -0.499. The van der Waals surface area contributed by atoms with Gasteiger partial charge in [-0.05, 0) is 11.6 Å². The van der Waals surface area contributed by atoms with Crippen LogP contribution in [0.3, 0.4) is 0 Å². The third kappa shape index (κ3) is 2.04. The van der Waals surface area contributed by atoms with Crippen LogP contribution in [0.5, 0.6) is 0 Å². The van der Waals surface area contributed by atoms with Crippen molar-refractivity contribution >= 4 is 34.4 Å². The van der Waals surface area contributed by atoms with Gasteiger partial charge in [0.2, 0.25) is 5.28 Å². The second kappa shape index (κ2) is 5.05. The molecule has 0 aliphatic carbocycles. The summed E-state index contributed by atoms with van der Waals surface area (Å²) in [6.07, 6.45) is -4.09. The van der Waals surface area contributed by atoms with Gasteiger partial charge in [-0.15, -0.1) is 0 Å². The fourth-order valence-electron chi connectivity index (χ4n) is 2.12. The Kier molecular flexibility index (Phi) is 3.51. The summed E-state index contributed by atoms with van der Waals surface area (Å²) in [5.41, 5.74) is 0.433. The van der Waals surface area contributed by atoms with Gasteiger partial charge in [0.1, 0.15) is 17.7 Å². The van der Waals surface area contributed by atoms with Crippen LogP contribution in [0.2, 0.25) is 10.4 Å². The summed E-state index contributed by atoms with van der Waals surface area (Å²) in [5, 5.41) is 18.6. The van der Waals surface area contributed by atoms with Crippen LogP contribution in [0.15, 0.2) is 6.33 Å². The lowest BCUT2D eigenvalue weighted by Crippen LogP contribution is -2.30. The highest BCUT2D eigenvalue weighted by Crippen LogP contribution is 2.34. The summed E-state index contributed by atoms with van der Waals surface area (Å²) in [7, 11) is 0. The molecule has 1 fully saturated rings. The maximum atomic E-state index is 14.1. The monoisotopic (exact) mass is 322 g/mol. The first-order valence-electron chi connectivity index (χ1n) is 5.67. The molecule has 1 aliphatic heterocycles. The average Bonchev–Trinajstić information content (AvgIpc) is 2.93. The molecule has 1 unspecified atom stereocenters. The fraction of sp³-hybridized carbons (Fsp3) is 0.500. The van der Waals surface area contributed by atoms with Gasteiger partial charge in [0, 0.05) is 0 Å². The Labute approximate surface area is 121 Å². The molecule has 4 atom stereocenters. The van der Waals surface area contributed by atoms with E-state index in [0.29, 0.717) is 0 Å². The number of halogens is 3. The van der Waals surface area contributed by atoms with Crippen molar-refractivity contribution < 1.29 is 19.3 Å². The normalized spacial score (nSPS) is 30.2. The molecule has 0 bridgehead atoms. The van der Waals surface area contributed by atoms with Gasteiger partial charge in [0.25, 0.3) is 0 Å². The number of rotatable bonds is 2. The van der Waals surface area contributed by atoms with E-state index in [1.807, 2.05) is 0 Å². The van der Waals surface area contributed by atoms with Gasteiger partial charge >= 0.3 is 0 Å². The van der Waals surface area contributed by atoms with Crippen molar-refractivity contribution in [2.45, 2.75) is 24.6 Å². The lowest BCUT2D eigenvalue weighted by molar-refractivity contribution is -0.0459. The molecule has 0 radical (unpaired) electrons. The Morgan fingerprint density at radius 1 is 1.40 bits per heavy atom. The van der Waals surface area contributed by atoms with E-state index in [-0.39, 0.29) is 21.6 Å². The topological polar surface area (TPSA) is 93.3 Å². The molecule has 1 saturated heterocycles. The molecule has 108 valence electrons. The smallest absolute Gasteiger partial charge is 0.225 e. The zero-order valence-electron chi connectivity index (χ0n) is 9.82. The zero-order chi connectivity index (χ0) is 14.4. The Bertz CT molecular complexity index is 655. The maximum absolute atomic E-state index is 14.1. The van der Waals surface area contributed by atoms with Gasteiger partial charge in [0.05, 0.1) is 12.9 Å². The van der Waals surface area contributed by atoms with Crippen LogP contribution in [0.1, 0.15) is 6.23 Å². The largest absolute Gasteiger partial charge is 0.394 e. The summed E-state index contributed by atoms with van der Waals surface area (Å²) in [5.74, 6) is 0. The summed E-state index contributed by atoms with van der Waals surface area (Å²) in [6, 6.07) is 0. The van der Waals surface area contributed by atoms with E-state index in [1.165, 1.54) is 10.9 Å². The molecule has 0 saturated carbocycles. The predicted molar refractivity (Wildman–Crippen MR) is 67.2 cm³/mol. The highest BCUT2D eigenvalue weighted by atomic mass is 35.5. The molecule has 1 aliphatic rings. The van der Waals surface area contributed by atoms with Gasteiger partial charge in [-0.1, -0.05) is 11.6 Å². The van der Waals surface area contributed by atoms with Gasteiger partial charge in [-0.3, -0.25) is 4.57 Å². The van der Waals surface area contributed by atoms with Crippen LogP contribution in [0.25, 0.3) is 11.2 Å². The first-order valence-corrected chi connectivity index (χ1v) is 6.42. The van der Waals surface area contributed by atoms with E-state index in [0.717, 1.165) is 0 Å². The van der Waals surface area contributed by atoms with Gasteiger partial charge in [-0.2, -0.15) is 4.98 Å². The molecular weight excluding hydrogens is 314 g/mol. The van der Waals surface area contributed by atoms with Crippen LogP contribution in [-0.4, -0.2) is 54.7 Å². The molecule has 2 aromatic heterocycles. The summed E-state index contributed by atoms with van der Waals surface area (Å²) in [4.78, 5) is 11.6. The summed E-state index contributed by atoms with van der Waals surface area (Å²) >= 11 is 11.6. The van der Waals surface area contributed by atoms with Crippen molar-refractivity contribution in [1.82, 2.24) is 19.5 Å². The van der Waals surface area contributed by atoms with Crippen LogP contribution in [0.4, 0.5) is 4.39 Å². The molecular formula is C10H9Cl2FN4O3. The first-order chi connectivity index (χ1) is 9.52. The number of imidazole rings is 1. The van der Waals surface area contributed by atoms with Crippen LogP contribution in [0, 0.1) is 0 Å². The van der Waals surface area contributed by atoms with Gasteiger partial charge < -0.3 is 14.9 Å².